The van der Waals surface area contributed by atoms with Gasteiger partial charge in [-0.15, -0.1) is 11.3 Å². The fourth-order valence-electron chi connectivity index (χ4n) is 5.18. The number of hydrogen-bond donors (Lipinski definition) is 1. The van der Waals surface area contributed by atoms with Gasteiger partial charge in [0.05, 0.1) is 22.3 Å². The molecule has 0 radical (unpaired) electrons. The number of fused-ring (bicyclic) bond motifs is 1. The first kappa shape index (κ1) is 25.9. The van der Waals surface area contributed by atoms with Gasteiger partial charge < -0.3 is 9.64 Å². The molecule has 0 saturated carbocycles. The van der Waals surface area contributed by atoms with Crippen LogP contribution in [-0.2, 0) is 16.4 Å². The number of sulfonamides is 1. The number of nitriles is 1. The van der Waals surface area contributed by atoms with Crippen molar-refractivity contribution in [1.82, 2.24) is 14.6 Å². The van der Waals surface area contributed by atoms with Crippen LogP contribution in [0.4, 0.5) is 0 Å². The van der Waals surface area contributed by atoms with Crippen molar-refractivity contribution in [3.05, 3.63) is 59.3 Å². The van der Waals surface area contributed by atoms with E-state index in [4.69, 9.17) is 4.74 Å². The summed E-state index contributed by atoms with van der Waals surface area (Å²) in [5.74, 6) is 0.718. The molecule has 1 N–H and O–H groups in total. The van der Waals surface area contributed by atoms with Gasteiger partial charge in [-0.1, -0.05) is 18.2 Å². The summed E-state index contributed by atoms with van der Waals surface area (Å²) in [4.78, 5) is 7.91. The minimum Gasteiger partial charge on any atom is -0.490 e. The third-order valence-corrected chi connectivity index (χ3v) is 9.39. The highest BCUT2D eigenvalue weighted by Crippen LogP contribution is 2.41. The molecule has 3 aromatic rings. The number of nitrogens with zero attached hydrogens (tertiary/aromatic N) is 3. The maximum absolute atomic E-state index is 12.8. The Morgan fingerprint density at radius 2 is 2.05 bits per heavy atom. The number of benzene rings is 2. The molecule has 1 fully saturated rings. The molecule has 0 amide bonds. The average molecular weight is 537 g/mol. The zero-order valence-corrected chi connectivity index (χ0v) is 22.9. The number of nitrogens with one attached hydrogen (secondary N) is 1. The lowest BCUT2D eigenvalue weighted by molar-refractivity contribution is 0.242. The lowest BCUT2D eigenvalue weighted by Crippen LogP contribution is -2.35. The molecule has 2 aromatic carbocycles. The Morgan fingerprint density at radius 3 is 2.81 bits per heavy atom. The molecule has 1 saturated heterocycles. The average Bonchev–Trinajstić information content (AvgIpc) is 3.64. The van der Waals surface area contributed by atoms with Crippen molar-refractivity contribution in [3.63, 3.8) is 0 Å². The van der Waals surface area contributed by atoms with Gasteiger partial charge in [0.1, 0.15) is 16.8 Å². The smallest absolute Gasteiger partial charge is 0.213 e. The largest absolute Gasteiger partial charge is 0.490 e. The molecule has 1 aliphatic carbocycles. The normalized spacial score (nSPS) is 17.7. The van der Waals surface area contributed by atoms with E-state index in [-0.39, 0.29) is 17.9 Å². The van der Waals surface area contributed by atoms with E-state index >= 15 is 0 Å². The Hall–Kier alpha value is -2.77. The zero-order chi connectivity index (χ0) is 26.0. The summed E-state index contributed by atoms with van der Waals surface area (Å²) in [5, 5.41) is 10.4. The predicted molar refractivity (Wildman–Crippen MR) is 147 cm³/mol. The number of aromatic nitrogens is 1. The Kier molecular flexibility index (Phi) is 7.63. The lowest BCUT2D eigenvalue weighted by atomic mass is 10.0. The SMILES string of the molecule is CC(C)Oc1ccc(-c2ncc(-c3cccc4c3CC[C@@H]4NS(=O)(=O)CCN3CCCC3)s2)cc1C#N. The van der Waals surface area contributed by atoms with E-state index in [9.17, 15) is 13.7 Å². The number of ether oxygens (including phenoxy) is 1. The van der Waals surface area contributed by atoms with Crippen LogP contribution in [0.2, 0.25) is 0 Å². The van der Waals surface area contributed by atoms with Crippen molar-refractivity contribution < 1.29 is 13.2 Å². The maximum Gasteiger partial charge on any atom is 0.213 e. The maximum atomic E-state index is 12.8. The topological polar surface area (TPSA) is 95.3 Å². The Balaban J connectivity index is 1.34. The van der Waals surface area contributed by atoms with Gasteiger partial charge in [0, 0.05) is 24.3 Å². The molecule has 1 atom stereocenters. The first-order chi connectivity index (χ1) is 17.8. The van der Waals surface area contributed by atoms with Crippen LogP contribution in [0, 0.1) is 11.3 Å². The van der Waals surface area contributed by atoms with Crippen LogP contribution in [0.1, 0.15) is 55.8 Å². The van der Waals surface area contributed by atoms with Gasteiger partial charge in [-0.2, -0.15) is 5.26 Å². The summed E-state index contributed by atoms with van der Waals surface area (Å²) in [6.07, 6.45) is 5.74. The quantitative estimate of drug-likeness (QED) is 0.407. The van der Waals surface area contributed by atoms with Crippen LogP contribution < -0.4 is 9.46 Å². The molecule has 2 aliphatic rings. The zero-order valence-electron chi connectivity index (χ0n) is 21.2. The number of likely N-dealkylation sites (tertiary alicyclic amines) is 1. The number of hydrogen-bond acceptors (Lipinski definition) is 7. The minimum atomic E-state index is -3.36. The molecule has 0 bridgehead atoms. The highest BCUT2D eigenvalue weighted by atomic mass is 32.2. The van der Waals surface area contributed by atoms with Gasteiger partial charge in [0.2, 0.25) is 10.0 Å². The second-order valence-electron chi connectivity index (χ2n) is 9.97. The van der Waals surface area contributed by atoms with Crippen LogP contribution in [0.3, 0.4) is 0 Å². The summed E-state index contributed by atoms with van der Waals surface area (Å²) >= 11 is 1.58. The molecule has 0 unspecified atom stereocenters. The van der Waals surface area contributed by atoms with E-state index < -0.39 is 10.0 Å². The van der Waals surface area contributed by atoms with E-state index in [0.717, 1.165) is 65.3 Å². The standard InChI is InChI=1S/C28H32N4O3S2/c1-19(2)35-26-11-8-20(16-21(26)17-29)28-30-18-27(36-28)24-7-5-6-23-22(24)9-10-25(23)31-37(33,34)15-14-32-12-3-4-13-32/h5-8,11,16,18-19,25,31H,3-4,9-10,12-15H2,1-2H3/t25-/m0/s1. The van der Waals surface area contributed by atoms with Crippen molar-refractivity contribution in [2.75, 3.05) is 25.4 Å². The van der Waals surface area contributed by atoms with Crippen LogP contribution >= 0.6 is 11.3 Å². The van der Waals surface area contributed by atoms with Gasteiger partial charge in [0.15, 0.2) is 0 Å². The molecular formula is C28H32N4O3S2. The van der Waals surface area contributed by atoms with E-state index in [2.05, 4.69) is 26.7 Å². The van der Waals surface area contributed by atoms with E-state index in [1.54, 1.807) is 11.3 Å². The van der Waals surface area contributed by atoms with Crippen LogP contribution in [-0.4, -0.2) is 49.8 Å². The van der Waals surface area contributed by atoms with Crippen molar-refractivity contribution in [3.8, 4) is 32.8 Å². The molecule has 0 spiro atoms. The molecule has 2 heterocycles. The molecule has 5 rings (SSSR count). The Labute approximate surface area is 223 Å². The second kappa shape index (κ2) is 10.9. The van der Waals surface area contributed by atoms with E-state index in [1.165, 1.54) is 5.56 Å². The molecule has 1 aromatic heterocycles. The van der Waals surface area contributed by atoms with Gasteiger partial charge in [-0.25, -0.2) is 18.1 Å². The highest BCUT2D eigenvalue weighted by Gasteiger charge is 2.29. The van der Waals surface area contributed by atoms with Crippen molar-refractivity contribution in [2.45, 2.75) is 51.7 Å². The van der Waals surface area contributed by atoms with Gasteiger partial charge in [-0.05, 0) is 87.5 Å². The van der Waals surface area contributed by atoms with Crippen molar-refractivity contribution >= 4 is 21.4 Å². The first-order valence-corrected chi connectivity index (χ1v) is 15.3. The fraction of sp³-hybridized carbons (Fsp3) is 0.429. The van der Waals surface area contributed by atoms with Crippen LogP contribution in [0.25, 0.3) is 21.0 Å². The Bertz CT molecular complexity index is 1420. The van der Waals surface area contributed by atoms with Crippen LogP contribution in [0.15, 0.2) is 42.6 Å². The minimum absolute atomic E-state index is 0.0111. The number of rotatable bonds is 9. The first-order valence-electron chi connectivity index (χ1n) is 12.8. The van der Waals surface area contributed by atoms with E-state index in [1.807, 2.05) is 50.4 Å². The summed E-state index contributed by atoms with van der Waals surface area (Å²) < 4.78 is 34.4. The Morgan fingerprint density at radius 1 is 1.24 bits per heavy atom. The molecule has 9 heteroatoms. The van der Waals surface area contributed by atoms with Gasteiger partial charge >= 0.3 is 0 Å². The van der Waals surface area contributed by atoms with Crippen molar-refractivity contribution in [2.24, 2.45) is 0 Å². The van der Waals surface area contributed by atoms with Gasteiger partial charge in [0.25, 0.3) is 0 Å². The fourth-order valence-corrected chi connectivity index (χ4v) is 7.44. The third-order valence-electron chi connectivity index (χ3n) is 6.95. The molecule has 1 aliphatic heterocycles. The summed E-state index contributed by atoms with van der Waals surface area (Å²) in [6.45, 7) is 6.46. The van der Waals surface area contributed by atoms with Crippen LogP contribution in [0.5, 0.6) is 5.75 Å². The third kappa shape index (κ3) is 5.88. The van der Waals surface area contributed by atoms with Gasteiger partial charge in [-0.3, -0.25) is 0 Å². The monoisotopic (exact) mass is 536 g/mol. The summed E-state index contributed by atoms with van der Waals surface area (Å²) in [5.41, 5.74) is 4.70. The predicted octanol–water partition coefficient (Wildman–Crippen LogP) is 5.14. The molecule has 37 heavy (non-hydrogen) atoms. The summed E-state index contributed by atoms with van der Waals surface area (Å²) in [7, 11) is -3.36. The molecule has 7 nitrogen and oxygen atoms in total. The molecule has 194 valence electrons. The molecular weight excluding hydrogens is 504 g/mol. The highest BCUT2D eigenvalue weighted by molar-refractivity contribution is 7.89. The number of thiazole rings is 1. The summed E-state index contributed by atoms with van der Waals surface area (Å²) in [6, 6.07) is 13.7. The van der Waals surface area contributed by atoms with E-state index in [0.29, 0.717) is 17.9 Å². The van der Waals surface area contributed by atoms with Crippen molar-refractivity contribution in [1.29, 1.82) is 5.26 Å². The lowest BCUT2D eigenvalue weighted by Gasteiger charge is -2.18. The second-order valence-corrected chi connectivity index (χ2v) is 12.9.